The summed E-state index contributed by atoms with van der Waals surface area (Å²) in [7, 11) is 0. The molecular weight excluding hydrogens is 626 g/mol. The Morgan fingerprint density at radius 3 is 2.02 bits per heavy atom. The Hall–Kier alpha value is -3.70. The number of nitrogens with one attached hydrogen (secondary N) is 4. The van der Waals surface area contributed by atoms with Crippen LogP contribution in [0.2, 0.25) is 0 Å². The number of urea groups is 1. The first-order valence-electron chi connectivity index (χ1n) is 17.6. The van der Waals surface area contributed by atoms with Crippen molar-refractivity contribution in [1.82, 2.24) is 26.2 Å². The molecule has 5 atom stereocenters. The summed E-state index contributed by atoms with van der Waals surface area (Å²) in [5, 5.41) is 10.7. The molecule has 5 amide bonds. The van der Waals surface area contributed by atoms with Crippen LogP contribution in [0.4, 0.5) is 4.79 Å². The molecule has 0 aromatic rings. The van der Waals surface area contributed by atoms with Crippen LogP contribution in [0.5, 0.6) is 0 Å². The quantitative estimate of drug-likeness (QED) is 0.102. The van der Waals surface area contributed by atoms with Gasteiger partial charge in [0, 0.05) is 13.1 Å². The molecule has 12 heteroatoms. The van der Waals surface area contributed by atoms with Crippen LogP contribution in [0.15, 0.2) is 25.3 Å². The normalized spacial score (nSPS) is 20.0. The van der Waals surface area contributed by atoms with Gasteiger partial charge in [-0.3, -0.25) is 19.2 Å². The van der Waals surface area contributed by atoms with Crippen LogP contribution >= 0.6 is 0 Å². The summed E-state index contributed by atoms with van der Waals surface area (Å²) in [5.41, 5.74) is -1.89. The highest BCUT2D eigenvalue weighted by atomic mass is 16.6. The number of allylic oxidation sites excluding steroid dienone is 1. The van der Waals surface area contributed by atoms with E-state index in [0.717, 1.165) is 12.8 Å². The van der Waals surface area contributed by atoms with Gasteiger partial charge in [0.15, 0.2) is 0 Å². The number of Topliss-reactive ketones (excluding diaryl/α,β-unsaturated/α-hetero) is 1. The van der Waals surface area contributed by atoms with E-state index in [0.29, 0.717) is 6.42 Å². The minimum Gasteiger partial charge on any atom is -0.458 e. The highest BCUT2D eigenvalue weighted by Gasteiger charge is 2.49. The summed E-state index contributed by atoms with van der Waals surface area (Å²) >= 11 is 0. The number of ketones is 1. The lowest BCUT2D eigenvalue weighted by molar-refractivity contribution is -0.162. The average Bonchev–Trinajstić information content (AvgIpc) is 3.78. The zero-order valence-corrected chi connectivity index (χ0v) is 31.4. The zero-order chi connectivity index (χ0) is 37.5. The van der Waals surface area contributed by atoms with Crippen molar-refractivity contribution in [2.75, 3.05) is 13.1 Å². The van der Waals surface area contributed by atoms with E-state index in [4.69, 9.17) is 4.74 Å². The number of ether oxygens (including phenoxy) is 1. The summed E-state index contributed by atoms with van der Waals surface area (Å²) in [5.74, 6) is -3.35. The monoisotopic (exact) mass is 687 g/mol. The predicted octanol–water partition coefficient (Wildman–Crippen LogP) is 4.04. The first kappa shape index (κ1) is 41.5. The lowest BCUT2D eigenvalue weighted by Gasteiger charge is -2.36. The number of rotatable bonds is 17. The molecule has 1 aliphatic carbocycles. The van der Waals surface area contributed by atoms with Crippen LogP contribution < -0.4 is 21.3 Å². The fraction of sp³-hybridized carbons (Fsp3) is 0.730. The Balaban J connectivity index is 2.35. The maximum Gasteiger partial charge on any atom is 0.329 e. The van der Waals surface area contributed by atoms with Crippen LogP contribution in [0.1, 0.15) is 101 Å². The van der Waals surface area contributed by atoms with E-state index >= 15 is 0 Å². The summed E-state index contributed by atoms with van der Waals surface area (Å²) in [6, 6.07) is -4.80. The largest absolute Gasteiger partial charge is 0.458 e. The van der Waals surface area contributed by atoms with E-state index in [1.165, 1.54) is 11.0 Å². The Morgan fingerprint density at radius 1 is 0.918 bits per heavy atom. The smallest absolute Gasteiger partial charge is 0.329 e. The van der Waals surface area contributed by atoms with Crippen LogP contribution in [0.25, 0.3) is 0 Å². The third kappa shape index (κ3) is 11.2. The number of nitrogens with zero attached hydrogens (tertiary/aromatic N) is 1. The number of carbonyl (C=O) groups excluding carboxylic acids is 6. The van der Waals surface area contributed by atoms with Crippen molar-refractivity contribution in [1.29, 1.82) is 0 Å². The molecule has 1 saturated carbocycles. The Kier molecular flexibility index (Phi) is 14.2. The van der Waals surface area contributed by atoms with Gasteiger partial charge in [-0.05, 0) is 68.1 Å². The summed E-state index contributed by atoms with van der Waals surface area (Å²) < 4.78 is 5.82. The number of carbonyl (C=O) groups is 6. The first-order chi connectivity index (χ1) is 22.6. The van der Waals surface area contributed by atoms with E-state index in [9.17, 15) is 28.8 Å². The number of amides is 5. The number of hydrogen-bond acceptors (Lipinski definition) is 7. The van der Waals surface area contributed by atoms with Crippen LogP contribution in [-0.4, -0.2) is 83.3 Å². The SMILES string of the molecule is C=CCNC(=O)C(=O)C(CCC)NC(=O)[C@@H]1C[C@@H](C(C)(C)C=C)CN1C(=O)[C@@H](NC(=O)N[C@H](C(=O)OC(C)(C)C1CC1)C(C)C)C(C)(C)C. The second-order valence-corrected chi connectivity index (χ2v) is 16.1. The van der Waals surface area contributed by atoms with Crippen LogP contribution in [0, 0.1) is 28.6 Å². The van der Waals surface area contributed by atoms with Gasteiger partial charge in [0.25, 0.3) is 5.91 Å². The van der Waals surface area contributed by atoms with Gasteiger partial charge < -0.3 is 30.9 Å². The van der Waals surface area contributed by atoms with Crippen molar-refractivity contribution in [3.05, 3.63) is 25.3 Å². The second-order valence-electron chi connectivity index (χ2n) is 16.1. The van der Waals surface area contributed by atoms with Crippen LogP contribution in [-0.2, 0) is 28.7 Å². The second kappa shape index (κ2) is 16.8. The van der Waals surface area contributed by atoms with Crippen molar-refractivity contribution in [2.24, 2.45) is 28.6 Å². The molecule has 0 radical (unpaired) electrons. The molecule has 1 aliphatic heterocycles. The molecule has 0 aromatic carbocycles. The number of esters is 1. The molecule has 2 aliphatic rings. The number of likely N-dealkylation sites (tertiary alicyclic amines) is 1. The fourth-order valence-corrected chi connectivity index (χ4v) is 6.08. The maximum absolute atomic E-state index is 14.4. The van der Waals surface area contributed by atoms with E-state index < -0.39 is 76.1 Å². The van der Waals surface area contributed by atoms with Gasteiger partial charge in [-0.25, -0.2) is 9.59 Å². The molecule has 276 valence electrons. The lowest BCUT2D eigenvalue weighted by atomic mass is 9.77. The highest BCUT2D eigenvalue weighted by Crippen LogP contribution is 2.42. The Bertz CT molecular complexity index is 1260. The van der Waals surface area contributed by atoms with E-state index in [2.05, 4.69) is 34.4 Å². The zero-order valence-electron chi connectivity index (χ0n) is 31.4. The molecular formula is C37H61N5O7. The standard InChI is InChI=1S/C37H61N5O7/c1-13-16-25(28(43)31(45)38-19-14-2)39-30(44)26-20-24(36(9,10)15-3)21-42(26)32(46)29(35(6,7)8)41-34(48)40-27(22(4)5)33(47)49-37(11,12)23-17-18-23/h14-15,22-27,29H,2-3,13,16-21H2,1,4-12H3,(H,38,45)(H,39,44)(H2,40,41,48)/t24-,25?,26+,27+,29-/m1/s1. The first-order valence-corrected chi connectivity index (χ1v) is 17.6. The third-order valence-electron chi connectivity index (χ3n) is 9.83. The minimum absolute atomic E-state index is 0.104. The van der Waals surface area contributed by atoms with E-state index in [1.54, 1.807) is 40.7 Å². The Morgan fingerprint density at radius 2 is 1.53 bits per heavy atom. The molecule has 2 fully saturated rings. The molecule has 12 nitrogen and oxygen atoms in total. The van der Waals surface area contributed by atoms with Gasteiger partial charge >= 0.3 is 12.0 Å². The van der Waals surface area contributed by atoms with Crippen molar-refractivity contribution >= 4 is 35.5 Å². The lowest BCUT2D eigenvalue weighted by Crippen LogP contribution is -2.61. The van der Waals surface area contributed by atoms with Gasteiger partial charge in [-0.2, -0.15) is 0 Å². The van der Waals surface area contributed by atoms with Crippen LogP contribution in [0.3, 0.4) is 0 Å². The summed E-state index contributed by atoms with van der Waals surface area (Å²) in [6.45, 7) is 26.3. The molecule has 1 saturated heterocycles. The molecule has 0 bridgehead atoms. The molecule has 49 heavy (non-hydrogen) atoms. The molecule has 0 aromatic heterocycles. The minimum atomic E-state index is -1.09. The Labute approximate surface area is 293 Å². The third-order valence-corrected chi connectivity index (χ3v) is 9.83. The van der Waals surface area contributed by atoms with Crippen molar-refractivity contribution in [3.63, 3.8) is 0 Å². The maximum atomic E-state index is 14.4. The predicted molar refractivity (Wildman–Crippen MR) is 189 cm³/mol. The van der Waals surface area contributed by atoms with Crippen molar-refractivity contribution in [3.8, 4) is 0 Å². The van der Waals surface area contributed by atoms with Gasteiger partial charge in [0.2, 0.25) is 17.6 Å². The van der Waals surface area contributed by atoms with Gasteiger partial charge in [-0.15, -0.1) is 13.2 Å². The molecule has 2 rings (SSSR count). The van der Waals surface area contributed by atoms with E-state index in [-0.39, 0.29) is 43.7 Å². The van der Waals surface area contributed by atoms with Gasteiger partial charge in [0.1, 0.15) is 23.7 Å². The summed E-state index contributed by atoms with van der Waals surface area (Å²) in [6.07, 6.45) is 6.25. The van der Waals surface area contributed by atoms with Gasteiger partial charge in [-0.1, -0.05) is 74.0 Å². The van der Waals surface area contributed by atoms with Gasteiger partial charge in [0.05, 0.1) is 6.04 Å². The topological polar surface area (TPSA) is 163 Å². The molecule has 1 unspecified atom stereocenters. The molecule has 1 heterocycles. The molecule has 0 spiro atoms. The average molecular weight is 688 g/mol. The van der Waals surface area contributed by atoms with E-state index in [1.807, 2.05) is 34.6 Å². The number of hydrogen-bond donors (Lipinski definition) is 4. The fourth-order valence-electron chi connectivity index (χ4n) is 6.08. The molecule has 4 N–H and O–H groups in total. The van der Waals surface area contributed by atoms with Crippen molar-refractivity contribution < 1.29 is 33.5 Å². The van der Waals surface area contributed by atoms with Crippen molar-refractivity contribution in [2.45, 2.75) is 131 Å². The summed E-state index contributed by atoms with van der Waals surface area (Å²) in [4.78, 5) is 82.0. The highest BCUT2D eigenvalue weighted by molar-refractivity contribution is 6.38.